The van der Waals surface area contributed by atoms with Gasteiger partial charge in [0.25, 0.3) is 5.95 Å². The third-order valence-electron chi connectivity index (χ3n) is 2.16. The molecule has 0 bridgehead atoms. The summed E-state index contributed by atoms with van der Waals surface area (Å²) in [5.41, 5.74) is 0.368. The zero-order chi connectivity index (χ0) is 14.5. The standard InChI is InChI=1S/C11H8BrN5O3/c12-8-2-1-6(5-7(8)9(18)19)15-11(20)16-10-13-3-4-14-17-10/h1-5H,(H,18,19)(H2,13,15,16,17,20). The second-order valence-corrected chi connectivity index (χ2v) is 4.40. The van der Waals surface area contributed by atoms with Crippen molar-refractivity contribution in [2.24, 2.45) is 0 Å². The van der Waals surface area contributed by atoms with E-state index in [-0.39, 0.29) is 11.5 Å². The Hall–Kier alpha value is -2.55. The van der Waals surface area contributed by atoms with Gasteiger partial charge in [-0.15, -0.1) is 5.10 Å². The Morgan fingerprint density at radius 2 is 2.00 bits per heavy atom. The van der Waals surface area contributed by atoms with Gasteiger partial charge in [-0.3, -0.25) is 5.32 Å². The maximum atomic E-state index is 11.7. The van der Waals surface area contributed by atoms with Crippen LogP contribution in [0.15, 0.2) is 35.1 Å². The van der Waals surface area contributed by atoms with Crippen LogP contribution in [0.5, 0.6) is 0 Å². The highest BCUT2D eigenvalue weighted by molar-refractivity contribution is 9.10. The molecule has 2 rings (SSSR count). The highest BCUT2D eigenvalue weighted by Gasteiger charge is 2.11. The quantitative estimate of drug-likeness (QED) is 0.788. The van der Waals surface area contributed by atoms with Gasteiger partial charge in [0.2, 0.25) is 0 Å². The topological polar surface area (TPSA) is 117 Å². The molecule has 0 aliphatic carbocycles. The Labute approximate surface area is 121 Å². The van der Waals surface area contributed by atoms with Crippen molar-refractivity contribution in [1.29, 1.82) is 0 Å². The molecule has 8 nitrogen and oxygen atoms in total. The van der Waals surface area contributed by atoms with Gasteiger partial charge in [-0.25, -0.2) is 14.6 Å². The Morgan fingerprint density at radius 3 is 2.65 bits per heavy atom. The first-order valence-corrected chi connectivity index (χ1v) is 6.10. The lowest BCUT2D eigenvalue weighted by Gasteiger charge is -2.07. The lowest BCUT2D eigenvalue weighted by atomic mass is 10.2. The van der Waals surface area contributed by atoms with Gasteiger partial charge >= 0.3 is 12.0 Å². The van der Waals surface area contributed by atoms with E-state index < -0.39 is 12.0 Å². The minimum Gasteiger partial charge on any atom is -0.478 e. The maximum Gasteiger partial charge on any atom is 0.336 e. The third-order valence-corrected chi connectivity index (χ3v) is 2.85. The van der Waals surface area contributed by atoms with Gasteiger partial charge in [-0.1, -0.05) is 0 Å². The number of amides is 2. The van der Waals surface area contributed by atoms with Crippen molar-refractivity contribution in [2.75, 3.05) is 10.6 Å². The lowest BCUT2D eigenvalue weighted by Crippen LogP contribution is -2.21. The summed E-state index contributed by atoms with van der Waals surface area (Å²) in [6.45, 7) is 0. The van der Waals surface area contributed by atoms with Crippen molar-refractivity contribution in [3.05, 3.63) is 40.6 Å². The molecule has 0 aliphatic heterocycles. The van der Waals surface area contributed by atoms with Crippen molar-refractivity contribution < 1.29 is 14.7 Å². The zero-order valence-electron chi connectivity index (χ0n) is 9.87. The first-order valence-electron chi connectivity index (χ1n) is 5.31. The van der Waals surface area contributed by atoms with E-state index in [1.165, 1.54) is 24.5 Å². The minimum absolute atomic E-state index is 0.0421. The van der Waals surface area contributed by atoms with E-state index >= 15 is 0 Å². The molecule has 1 aromatic carbocycles. The monoisotopic (exact) mass is 337 g/mol. The first-order chi connectivity index (χ1) is 9.56. The molecule has 0 atom stereocenters. The molecule has 2 amide bonds. The highest BCUT2D eigenvalue weighted by Crippen LogP contribution is 2.21. The van der Waals surface area contributed by atoms with Crippen LogP contribution in [0.3, 0.4) is 0 Å². The van der Waals surface area contributed by atoms with Crippen molar-refractivity contribution in [3.8, 4) is 0 Å². The molecule has 1 heterocycles. The summed E-state index contributed by atoms with van der Waals surface area (Å²) >= 11 is 3.11. The Kier molecular flexibility index (Phi) is 4.20. The molecular weight excluding hydrogens is 330 g/mol. The predicted molar refractivity (Wildman–Crippen MR) is 73.6 cm³/mol. The number of halogens is 1. The molecule has 2 aromatic rings. The van der Waals surface area contributed by atoms with Crippen LogP contribution in [0.4, 0.5) is 16.4 Å². The first kappa shape index (κ1) is 13.9. The maximum absolute atomic E-state index is 11.7. The average Bonchev–Trinajstić information content (AvgIpc) is 2.41. The molecule has 0 spiro atoms. The highest BCUT2D eigenvalue weighted by atomic mass is 79.9. The van der Waals surface area contributed by atoms with Crippen molar-refractivity contribution in [1.82, 2.24) is 15.2 Å². The molecule has 9 heteroatoms. The summed E-state index contributed by atoms with van der Waals surface area (Å²) in [5.74, 6) is -1.06. The number of aromatic carboxylic acids is 1. The molecule has 0 saturated heterocycles. The number of hydrogen-bond acceptors (Lipinski definition) is 5. The number of urea groups is 1. The number of carbonyl (C=O) groups excluding carboxylic acids is 1. The molecule has 3 N–H and O–H groups in total. The number of nitrogens with one attached hydrogen (secondary N) is 2. The zero-order valence-corrected chi connectivity index (χ0v) is 11.5. The molecule has 20 heavy (non-hydrogen) atoms. The summed E-state index contributed by atoms with van der Waals surface area (Å²) in [4.78, 5) is 26.4. The third kappa shape index (κ3) is 3.48. The minimum atomic E-state index is -1.10. The second-order valence-electron chi connectivity index (χ2n) is 3.55. The molecule has 0 radical (unpaired) electrons. The molecule has 0 aliphatic rings. The fourth-order valence-corrected chi connectivity index (χ4v) is 1.75. The van der Waals surface area contributed by atoms with Crippen molar-refractivity contribution >= 4 is 39.6 Å². The van der Waals surface area contributed by atoms with Crippen LogP contribution in [0.1, 0.15) is 10.4 Å². The number of rotatable bonds is 3. The summed E-state index contributed by atoms with van der Waals surface area (Å²) < 4.78 is 0.423. The number of carboxylic acids is 1. The number of hydrogen-bond donors (Lipinski definition) is 3. The molecule has 1 aromatic heterocycles. The van der Waals surface area contributed by atoms with Gasteiger partial charge < -0.3 is 10.4 Å². The van der Waals surface area contributed by atoms with Crippen LogP contribution in [-0.2, 0) is 0 Å². The fourth-order valence-electron chi connectivity index (χ4n) is 1.34. The van der Waals surface area contributed by atoms with E-state index in [4.69, 9.17) is 5.11 Å². The van der Waals surface area contributed by atoms with Crippen molar-refractivity contribution in [2.45, 2.75) is 0 Å². The Morgan fingerprint density at radius 1 is 1.20 bits per heavy atom. The number of aromatic nitrogens is 3. The fraction of sp³-hybridized carbons (Fsp3) is 0. The molecule has 102 valence electrons. The number of carbonyl (C=O) groups is 2. The van der Waals surface area contributed by atoms with Crippen LogP contribution < -0.4 is 10.6 Å². The summed E-state index contributed by atoms with van der Waals surface area (Å²) in [6, 6.07) is 3.81. The van der Waals surface area contributed by atoms with Gasteiger partial charge in [-0.2, -0.15) is 5.10 Å². The Balaban J connectivity index is 2.08. The largest absolute Gasteiger partial charge is 0.478 e. The van der Waals surface area contributed by atoms with E-state index in [9.17, 15) is 9.59 Å². The van der Waals surface area contributed by atoms with Gasteiger partial charge in [-0.05, 0) is 34.1 Å². The van der Waals surface area contributed by atoms with Crippen LogP contribution in [0.25, 0.3) is 0 Å². The number of benzene rings is 1. The second kappa shape index (κ2) is 6.06. The number of carboxylic acid groups (broad SMARTS) is 1. The average molecular weight is 338 g/mol. The van der Waals surface area contributed by atoms with E-state index in [0.717, 1.165) is 0 Å². The Bertz CT molecular complexity index is 650. The van der Waals surface area contributed by atoms with Gasteiger partial charge in [0.15, 0.2) is 0 Å². The molecule has 0 saturated carbocycles. The van der Waals surface area contributed by atoms with Crippen LogP contribution >= 0.6 is 15.9 Å². The van der Waals surface area contributed by atoms with Gasteiger partial charge in [0.1, 0.15) is 0 Å². The molecular formula is C11H8BrN5O3. The van der Waals surface area contributed by atoms with Gasteiger partial charge in [0, 0.05) is 10.2 Å². The molecule has 0 unspecified atom stereocenters. The van der Waals surface area contributed by atoms with Crippen molar-refractivity contribution in [3.63, 3.8) is 0 Å². The van der Waals surface area contributed by atoms with Crippen LogP contribution in [0, 0.1) is 0 Å². The normalized spacial score (nSPS) is 9.85. The van der Waals surface area contributed by atoms with Crippen LogP contribution in [-0.4, -0.2) is 32.3 Å². The predicted octanol–water partition coefficient (Wildman–Crippen LogP) is 1.98. The summed E-state index contributed by atoms with van der Waals surface area (Å²) in [7, 11) is 0. The van der Waals surface area contributed by atoms with E-state index in [1.54, 1.807) is 6.07 Å². The SMILES string of the molecule is O=C(Nc1ccc(Br)c(C(=O)O)c1)Nc1nccnn1. The van der Waals surface area contributed by atoms with E-state index in [0.29, 0.717) is 10.2 Å². The summed E-state index contributed by atoms with van der Waals surface area (Å²) in [5, 5.41) is 20.9. The summed E-state index contributed by atoms with van der Waals surface area (Å²) in [6.07, 6.45) is 2.75. The smallest absolute Gasteiger partial charge is 0.336 e. The number of nitrogens with zero attached hydrogens (tertiary/aromatic N) is 3. The van der Waals surface area contributed by atoms with Gasteiger partial charge in [0.05, 0.1) is 18.0 Å². The van der Waals surface area contributed by atoms with Crippen LogP contribution in [0.2, 0.25) is 0 Å². The van der Waals surface area contributed by atoms with E-state index in [1.807, 2.05) is 0 Å². The molecule has 0 fully saturated rings. The lowest BCUT2D eigenvalue weighted by molar-refractivity contribution is 0.0696. The number of anilines is 2. The van der Waals surface area contributed by atoms with E-state index in [2.05, 4.69) is 41.7 Å².